The van der Waals surface area contributed by atoms with Gasteiger partial charge in [-0.1, -0.05) is 22.0 Å². The van der Waals surface area contributed by atoms with Gasteiger partial charge in [-0.2, -0.15) is 0 Å². The molecule has 1 aliphatic carbocycles. The highest BCUT2D eigenvalue weighted by atomic mass is 79.9. The Balaban J connectivity index is 2.65. The van der Waals surface area contributed by atoms with Gasteiger partial charge in [-0.25, -0.2) is 0 Å². The molecule has 2 N–H and O–H groups in total. The molecule has 1 aromatic rings. The van der Waals surface area contributed by atoms with E-state index in [1.807, 2.05) is 0 Å². The van der Waals surface area contributed by atoms with Crippen molar-refractivity contribution >= 4 is 15.9 Å². The number of nitrogens with two attached hydrogens (primary N) is 1. The first-order valence-corrected chi connectivity index (χ1v) is 5.81. The van der Waals surface area contributed by atoms with Crippen LogP contribution in [0.1, 0.15) is 35.1 Å². The third-order valence-electron chi connectivity index (χ3n) is 3.16. The fraction of sp³-hybridized carbons (Fsp3) is 0.500. The van der Waals surface area contributed by atoms with Gasteiger partial charge in [0.25, 0.3) is 0 Å². The second-order valence-corrected chi connectivity index (χ2v) is 5.27. The molecule has 76 valence electrons. The lowest BCUT2D eigenvalue weighted by molar-refractivity contribution is 0.724. The van der Waals surface area contributed by atoms with Crippen LogP contribution in [0.3, 0.4) is 0 Å². The average molecular weight is 254 g/mol. The molecule has 1 fully saturated rings. The second kappa shape index (κ2) is 3.07. The predicted octanol–water partition coefficient (Wildman–Crippen LogP) is 3.32. The Hall–Kier alpha value is -0.340. The Morgan fingerprint density at radius 1 is 1.21 bits per heavy atom. The van der Waals surface area contributed by atoms with Crippen LogP contribution in [0.2, 0.25) is 0 Å². The van der Waals surface area contributed by atoms with E-state index in [9.17, 15) is 0 Å². The zero-order valence-electron chi connectivity index (χ0n) is 8.95. The molecular weight excluding hydrogens is 238 g/mol. The Morgan fingerprint density at radius 2 is 1.79 bits per heavy atom. The van der Waals surface area contributed by atoms with E-state index in [0.717, 1.165) is 12.8 Å². The van der Waals surface area contributed by atoms with Crippen LogP contribution in [-0.2, 0) is 5.54 Å². The Labute approximate surface area is 93.8 Å². The molecule has 0 aliphatic heterocycles. The summed E-state index contributed by atoms with van der Waals surface area (Å²) in [6, 6.07) is 2.22. The Morgan fingerprint density at radius 3 is 2.29 bits per heavy atom. The van der Waals surface area contributed by atoms with Gasteiger partial charge in [0, 0.05) is 10.0 Å². The van der Waals surface area contributed by atoms with Crippen LogP contribution in [0.5, 0.6) is 0 Å². The van der Waals surface area contributed by atoms with E-state index >= 15 is 0 Å². The van der Waals surface area contributed by atoms with Crippen LogP contribution in [0, 0.1) is 20.8 Å². The van der Waals surface area contributed by atoms with Crippen molar-refractivity contribution in [3.8, 4) is 0 Å². The standard InChI is InChI=1S/C12H16BrN/c1-7-6-8(2)11(13)9(3)10(7)12(14)4-5-12/h6H,4-5,14H2,1-3H3. The normalized spacial score (nSPS) is 18.4. The molecule has 0 spiro atoms. The van der Waals surface area contributed by atoms with Gasteiger partial charge in [0.05, 0.1) is 0 Å². The zero-order chi connectivity index (χ0) is 10.5. The minimum atomic E-state index is -0.0234. The molecule has 0 unspecified atom stereocenters. The smallest absolute Gasteiger partial charge is 0.0416 e. The van der Waals surface area contributed by atoms with E-state index in [1.165, 1.54) is 26.7 Å². The lowest BCUT2D eigenvalue weighted by atomic mass is 9.93. The summed E-state index contributed by atoms with van der Waals surface area (Å²) < 4.78 is 1.22. The van der Waals surface area contributed by atoms with Gasteiger partial charge in [-0.05, 0) is 55.9 Å². The summed E-state index contributed by atoms with van der Waals surface area (Å²) in [6.07, 6.45) is 2.26. The van der Waals surface area contributed by atoms with Crippen molar-refractivity contribution in [2.24, 2.45) is 5.73 Å². The minimum absolute atomic E-state index is 0.0234. The van der Waals surface area contributed by atoms with Crippen molar-refractivity contribution in [3.05, 3.63) is 32.8 Å². The summed E-state index contributed by atoms with van der Waals surface area (Å²) in [5.74, 6) is 0. The molecule has 0 saturated heterocycles. The van der Waals surface area contributed by atoms with Gasteiger partial charge in [0.15, 0.2) is 0 Å². The second-order valence-electron chi connectivity index (χ2n) is 4.48. The number of hydrogen-bond acceptors (Lipinski definition) is 1. The zero-order valence-corrected chi connectivity index (χ0v) is 10.5. The van der Waals surface area contributed by atoms with Crippen molar-refractivity contribution in [2.45, 2.75) is 39.2 Å². The SMILES string of the molecule is Cc1cc(C)c(C2(N)CC2)c(C)c1Br. The maximum absolute atomic E-state index is 6.27. The van der Waals surface area contributed by atoms with Crippen molar-refractivity contribution in [1.82, 2.24) is 0 Å². The van der Waals surface area contributed by atoms with Crippen molar-refractivity contribution in [2.75, 3.05) is 0 Å². The van der Waals surface area contributed by atoms with Crippen LogP contribution in [-0.4, -0.2) is 0 Å². The maximum atomic E-state index is 6.27. The van der Waals surface area contributed by atoms with Gasteiger partial charge in [0.1, 0.15) is 0 Å². The Kier molecular flexibility index (Phi) is 2.24. The summed E-state index contributed by atoms with van der Waals surface area (Å²) in [4.78, 5) is 0. The van der Waals surface area contributed by atoms with E-state index < -0.39 is 0 Å². The monoisotopic (exact) mass is 253 g/mol. The molecule has 0 aromatic heterocycles. The van der Waals surface area contributed by atoms with Gasteiger partial charge in [-0.3, -0.25) is 0 Å². The molecule has 0 radical (unpaired) electrons. The van der Waals surface area contributed by atoms with E-state index in [0.29, 0.717) is 0 Å². The molecular formula is C12H16BrN. The van der Waals surface area contributed by atoms with Gasteiger partial charge >= 0.3 is 0 Å². The van der Waals surface area contributed by atoms with E-state index in [4.69, 9.17) is 5.73 Å². The summed E-state index contributed by atoms with van der Waals surface area (Å²) in [5, 5.41) is 0. The fourth-order valence-electron chi connectivity index (χ4n) is 2.31. The molecule has 1 aromatic carbocycles. The summed E-state index contributed by atoms with van der Waals surface area (Å²) in [5.41, 5.74) is 11.6. The van der Waals surface area contributed by atoms with Crippen molar-refractivity contribution in [3.63, 3.8) is 0 Å². The lowest BCUT2D eigenvalue weighted by Crippen LogP contribution is -2.21. The molecule has 0 amide bonds. The van der Waals surface area contributed by atoms with Crippen LogP contribution in [0.4, 0.5) is 0 Å². The number of rotatable bonds is 1. The fourth-order valence-corrected chi connectivity index (χ4v) is 2.63. The average Bonchev–Trinajstić information content (AvgIpc) is 2.80. The highest BCUT2D eigenvalue weighted by Gasteiger charge is 2.42. The minimum Gasteiger partial charge on any atom is -0.321 e. The number of benzene rings is 1. The topological polar surface area (TPSA) is 26.0 Å². The number of hydrogen-bond donors (Lipinski definition) is 1. The molecule has 2 rings (SSSR count). The maximum Gasteiger partial charge on any atom is 0.0416 e. The molecule has 0 atom stereocenters. The van der Waals surface area contributed by atoms with Crippen LogP contribution in [0.15, 0.2) is 10.5 Å². The highest BCUT2D eigenvalue weighted by molar-refractivity contribution is 9.10. The summed E-state index contributed by atoms with van der Waals surface area (Å²) in [6.45, 7) is 6.45. The van der Waals surface area contributed by atoms with Crippen LogP contribution >= 0.6 is 15.9 Å². The summed E-state index contributed by atoms with van der Waals surface area (Å²) in [7, 11) is 0. The third kappa shape index (κ3) is 1.41. The highest BCUT2D eigenvalue weighted by Crippen LogP contribution is 2.47. The van der Waals surface area contributed by atoms with Crippen LogP contribution in [0.25, 0.3) is 0 Å². The molecule has 1 aliphatic rings. The largest absolute Gasteiger partial charge is 0.321 e. The van der Waals surface area contributed by atoms with Crippen molar-refractivity contribution < 1.29 is 0 Å². The molecule has 0 bridgehead atoms. The molecule has 14 heavy (non-hydrogen) atoms. The quantitative estimate of drug-likeness (QED) is 0.817. The third-order valence-corrected chi connectivity index (χ3v) is 4.38. The first-order valence-electron chi connectivity index (χ1n) is 5.01. The van der Waals surface area contributed by atoms with Gasteiger partial charge < -0.3 is 5.73 Å². The molecule has 1 saturated carbocycles. The molecule has 1 nitrogen and oxygen atoms in total. The van der Waals surface area contributed by atoms with E-state index in [1.54, 1.807) is 0 Å². The number of halogens is 1. The van der Waals surface area contributed by atoms with Crippen molar-refractivity contribution in [1.29, 1.82) is 0 Å². The number of aryl methyl sites for hydroxylation is 2. The lowest BCUT2D eigenvalue weighted by Gasteiger charge is -2.19. The van der Waals surface area contributed by atoms with E-state index in [-0.39, 0.29) is 5.54 Å². The van der Waals surface area contributed by atoms with E-state index in [2.05, 4.69) is 42.8 Å². The first kappa shape index (κ1) is 10.2. The first-order chi connectivity index (χ1) is 6.46. The molecule has 2 heteroatoms. The predicted molar refractivity (Wildman–Crippen MR) is 63.5 cm³/mol. The Bertz CT molecular complexity index is 392. The van der Waals surface area contributed by atoms with Crippen LogP contribution < -0.4 is 5.73 Å². The van der Waals surface area contributed by atoms with Gasteiger partial charge in [0.2, 0.25) is 0 Å². The molecule has 0 heterocycles. The van der Waals surface area contributed by atoms with Gasteiger partial charge in [-0.15, -0.1) is 0 Å². The summed E-state index contributed by atoms with van der Waals surface area (Å²) >= 11 is 3.63.